The number of fused-ring (bicyclic) bond motifs is 2. The first-order valence-electron chi connectivity index (χ1n) is 13.2. The molecule has 3 atom stereocenters. The lowest BCUT2D eigenvalue weighted by Gasteiger charge is -2.32. The number of β-amino-alcohol motifs (C(OH)–C–C–N with tert-alkyl or cyclic N) is 1. The van der Waals surface area contributed by atoms with Crippen LogP contribution in [0.4, 0.5) is 19.4 Å². The van der Waals surface area contributed by atoms with Gasteiger partial charge in [-0.25, -0.2) is 18.6 Å². The van der Waals surface area contributed by atoms with E-state index in [2.05, 4.69) is 19.9 Å². The number of aliphatic hydroxyl groups is 1. The number of anilines is 1. The molecule has 3 saturated heterocycles. The molecule has 5 rings (SSSR count). The number of aromatic nitrogens is 3. The molecule has 0 saturated carbocycles. The predicted octanol–water partition coefficient (Wildman–Crippen LogP) is 3.58. The summed E-state index contributed by atoms with van der Waals surface area (Å²) in [5, 5.41) is 11.1. The number of hydrogen-bond donors (Lipinski definition) is 1. The van der Waals surface area contributed by atoms with Crippen molar-refractivity contribution < 1.29 is 28.2 Å². The quantitative estimate of drug-likeness (QED) is 0.554. The fourth-order valence-electron chi connectivity index (χ4n) is 5.89. The third-order valence-corrected chi connectivity index (χ3v) is 7.75. The molecule has 0 bridgehead atoms. The Labute approximate surface area is 231 Å². The van der Waals surface area contributed by atoms with E-state index in [0.717, 1.165) is 19.4 Å². The minimum atomic E-state index is -1.34. The van der Waals surface area contributed by atoms with Crippen LogP contribution >= 0.6 is 11.6 Å². The lowest BCUT2D eigenvalue weighted by Crippen LogP contribution is -2.47. The molecule has 3 aliphatic rings. The zero-order valence-corrected chi connectivity index (χ0v) is 23.5. The highest BCUT2D eigenvalue weighted by Gasteiger charge is 2.49. The van der Waals surface area contributed by atoms with Gasteiger partial charge >= 0.3 is 12.1 Å². The normalized spacial score (nSPS) is 28.1. The van der Waals surface area contributed by atoms with Crippen LogP contribution in [-0.4, -0.2) is 105 Å². The largest absolute Gasteiger partial charge is 0.461 e. The van der Waals surface area contributed by atoms with Crippen molar-refractivity contribution in [2.75, 3.05) is 50.8 Å². The number of rotatable bonds is 4. The number of hydrogen-bond acceptors (Lipinski definition) is 9. The van der Waals surface area contributed by atoms with Crippen LogP contribution in [0.1, 0.15) is 47.0 Å². The average molecular weight is 569 g/mol. The molecule has 3 aliphatic heterocycles. The van der Waals surface area contributed by atoms with E-state index in [1.165, 1.54) is 11.1 Å². The standard InChI is InChI=1S/C26H35ClF2N6O4/c1-24(2,3)39-23(36)34-9-8-33(13-25(4,37)14-34)21-17-11-30-20(27)18(29)19(17)31-22(32-21)38-15-26-6-5-7-35(26)12-16(28)10-26/h11,16,37H,5-10,12-15H2,1-4H3. The van der Waals surface area contributed by atoms with E-state index in [1.807, 2.05) is 0 Å². The highest BCUT2D eigenvalue weighted by atomic mass is 35.5. The molecule has 0 spiro atoms. The molecule has 214 valence electrons. The van der Waals surface area contributed by atoms with Crippen molar-refractivity contribution in [2.45, 2.75) is 69.9 Å². The monoisotopic (exact) mass is 568 g/mol. The fraction of sp³-hybridized carbons (Fsp3) is 0.692. The molecule has 3 unspecified atom stereocenters. The van der Waals surface area contributed by atoms with Gasteiger partial charge in [-0.3, -0.25) is 4.90 Å². The van der Waals surface area contributed by atoms with Crippen LogP contribution in [-0.2, 0) is 4.74 Å². The Balaban J connectivity index is 1.46. The topological polar surface area (TPSA) is 104 Å². The lowest BCUT2D eigenvalue weighted by atomic mass is 9.95. The Morgan fingerprint density at radius 2 is 2.03 bits per heavy atom. The van der Waals surface area contributed by atoms with Crippen molar-refractivity contribution in [1.29, 1.82) is 0 Å². The number of halogens is 3. The molecule has 13 heteroatoms. The van der Waals surface area contributed by atoms with Gasteiger partial charge in [0, 0.05) is 38.8 Å². The number of amides is 1. The van der Waals surface area contributed by atoms with Gasteiger partial charge in [0.15, 0.2) is 11.0 Å². The number of nitrogens with zero attached hydrogens (tertiary/aromatic N) is 6. The van der Waals surface area contributed by atoms with E-state index in [9.17, 15) is 14.3 Å². The summed E-state index contributed by atoms with van der Waals surface area (Å²) in [5.74, 6) is -0.523. The maximum atomic E-state index is 15.2. The number of carbonyl (C=O) groups excluding carboxylic acids is 1. The van der Waals surface area contributed by atoms with E-state index < -0.39 is 34.8 Å². The highest BCUT2D eigenvalue weighted by molar-refractivity contribution is 6.30. The van der Waals surface area contributed by atoms with E-state index >= 15 is 4.39 Å². The summed E-state index contributed by atoms with van der Waals surface area (Å²) in [6.45, 7) is 8.91. The minimum Gasteiger partial charge on any atom is -0.461 e. The molecule has 2 aromatic rings. The Hall–Kier alpha value is -2.57. The fourth-order valence-corrected chi connectivity index (χ4v) is 6.03. The van der Waals surface area contributed by atoms with Crippen LogP contribution in [0.15, 0.2) is 6.20 Å². The van der Waals surface area contributed by atoms with Gasteiger partial charge in [-0.15, -0.1) is 0 Å². The van der Waals surface area contributed by atoms with Gasteiger partial charge in [-0.1, -0.05) is 11.6 Å². The average Bonchev–Trinajstić information content (AvgIpc) is 3.29. The molecule has 10 nitrogen and oxygen atoms in total. The van der Waals surface area contributed by atoms with Gasteiger partial charge in [0.1, 0.15) is 29.7 Å². The number of alkyl halides is 1. The van der Waals surface area contributed by atoms with Crippen LogP contribution in [0, 0.1) is 5.82 Å². The summed E-state index contributed by atoms with van der Waals surface area (Å²) in [6.07, 6.45) is 2.04. The molecule has 39 heavy (non-hydrogen) atoms. The summed E-state index contributed by atoms with van der Waals surface area (Å²) in [6, 6.07) is -0.0740. The maximum absolute atomic E-state index is 15.2. The van der Waals surface area contributed by atoms with Crippen molar-refractivity contribution in [3.05, 3.63) is 17.2 Å². The second kappa shape index (κ2) is 10.1. The first-order valence-corrected chi connectivity index (χ1v) is 13.6. The second-order valence-electron chi connectivity index (χ2n) is 12.1. The summed E-state index contributed by atoms with van der Waals surface area (Å²) in [5.41, 5.74) is -2.54. The Morgan fingerprint density at radius 1 is 1.26 bits per heavy atom. The zero-order chi connectivity index (χ0) is 28.2. The number of pyridine rings is 1. The molecule has 0 aliphatic carbocycles. The Morgan fingerprint density at radius 3 is 2.77 bits per heavy atom. The third-order valence-electron chi connectivity index (χ3n) is 7.49. The Bertz CT molecular complexity index is 1260. The van der Waals surface area contributed by atoms with Crippen molar-refractivity contribution >= 4 is 34.4 Å². The maximum Gasteiger partial charge on any atom is 0.410 e. The van der Waals surface area contributed by atoms with Crippen molar-refractivity contribution in [2.24, 2.45) is 0 Å². The van der Waals surface area contributed by atoms with Gasteiger partial charge in [0.2, 0.25) is 0 Å². The van der Waals surface area contributed by atoms with Gasteiger partial charge in [0.05, 0.1) is 23.1 Å². The van der Waals surface area contributed by atoms with Crippen molar-refractivity contribution in [3.63, 3.8) is 0 Å². The number of ether oxygens (including phenoxy) is 2. The zero-order valence-electron chi connectivity index (χ0n) is 22.7. The summed E-state index contributed by atoms with van der Waals surface area (Å²) < 4.78 is 41.0. The van der Waals surface area contributed by atoms with Gasteiger partial charge in [-0.2, -0.15) is 9.97 Å². The van der Waals surface area contributed by atoms with Gasteiger partial charge < -0.3 is 24.4 Å². The van der Waals surface area contributed by atoms with Crippen LogP contribution in [0.3, 0.4) is 0 Å². The molecule has 1 amide bonds. The van der Waals surface area contributed by atoms with Gasteiger partial charge in [-0.05, 0) is 47.1 Å². The lowest BCUT2D eigenvalue weighted by molar-refractivity contribution is -0.000275. The minimum absolute atomic E-state index is 0.0337. The first kappa shape index (κ1) is 28.0. The van der Waals surface area contributed by atoms with Gasteiger partial charge in [0.25, 0.3) is 0 Å². The SMILES string of the molecule is CC1(O)CN(C(=O)OC(C)(C)C)CCN(c2nc(OCC34CCCN3CC(F)C4)nc3c(F)c(Cl)ncc23)C1. The second-order valence-corrected chi connectivity index (χ2v) is 12.5. The first-order chi connectivity index (χ1) is 18.3. The highest BCUT2D eigenvalue weighted by Crippen LogP contribution is 2.40. The number of carbonyl (C=O) groups is 1. The molecule has 0 aromatic carbocycles. The van der Waals surface area contributed by atoms with E-state index in [-0.39, 0.29) is 54.9 Å². The molecule has 1 N–H and O–H groups in total. The van der Waals surface area contributed by atoms with Crippen LogP contribution in [0.2, 0.25) is 5.15 Å². The third kappa shape index (κ3) is 5.83. The Kier molecular flexibility index (Phi) is 7.26. The van der Waals surface area contributed by atoms with Crippen molar-refractivity contribution in [3.8, 4) is 6.01 Å². The molecule has 0 radical (unpaired) electrons. The molecule has 5 heterocycles. The van der Waals surface area contributed by atoms with E-state index in [4.69, 9.17) is 21.1 Å². The molecular weight excluding hydrogens is 534 g/mol. The summed E-state index contributed by atoms with van der Waals surface area (Å²) in [7, 11) is 0. The smallest absolute Gasteiger partial charge is 0.410 e. The molecule has 2 aromatic heterocycles. The van der Waals surface area contributed by atoms with Crippen molar-refractivity contribution in [1.82, 2.24) is 24.8 Å². The molecule has 3 fully saturated rings. The van der Waals surface area contributed by atoms with E-state index in [0.29, 0.717) is 18.8 Å². The van der Waals surface area contributed by atoms with Crippen LogP contribution in [0.5, 0.6) is 6.01 Å². The van der Waals surface area contributed by atoms with Crippen LogP contribution < -0.4 is 9.64 Å². The summed E-state index contributed by atoms with van der Waals surface area (Å²) >= 11 is 5.98. The predicted molar refractivity (Wildman–Crippen MR) is 141 cm³/mol. The van der Waals surface area contributed by atoms with E-state index in [1.54, 1.807) is 32.6 Å². The molecular formula is C26H35ClF2N6O4. The van der Waals surface area contributed by atoms with Crippen LogP contribution in [0.25, 0.3) is 10.9 Å². The summed E-state index contributed by atoms with van der Waals surface area (Å²) in [4.78, 5) is 31.0.